The molecule has 230 valence electrons. The van der Waals surface area contributed by atoms with Crippen molar-refractivity contribution in [2.75, 3.05) is 52.5 Å². The molecule has 0 aromatic carbocycles. The molecule has 7 rings (SSSR count). The average Bonchev–Trinajstić information content (AvgIpc) is 3.79. The second-order valence-electron chi connectivity index (χ2n) is 15.3. The highest BCUT2D eigenvalue weighted by molar-refractivity contribution is 7.08. The molecule has 41 heavy (non-hydrogen) atoms. The first kappa shape index (κ1) is 29.2. The highest BCUT2D eigenvalue weighted by Gasteiger charge is 2.73. The summed E-state index contributed by atoms with van der Waals surface area (Å²) in [6, 6.07) is 2.30. The highest BCUT2D eigenvalue weighted by Crippen LogP contribution is 2.72. The van der Waals surface area contributed by atoms with Crippen LogP contribution >= 0.6 is 11.3 Å². The van der Waals surface area contributed by atoms with Gasteiger partial charge in [-0.1, -0.05) is 13.8 Å². The topological polar surface area (TPSA) is 45.2 Å². The Labute approximate surface area is 253 Å². The number of rotatable bonds is 9. The number of ether oxygens (including phenoxy) is 2. The maximum atomic E-state index is 13.0. The van der Waals surface area contributed by atoms with Crippen molar-refractivity contribution in [1.29, 1.82) is 0 Å². The van der Waals surface area contributed by atoms with E-state index in [0.717, 1.165) is 51.5 Å². The Morgan fingerprint density at radius 3 is 2.29 bits per heavy atom. The van der Waals surface area contributed by atoms with Gasteiger partial charge < -0.3 is 24.4 Å². The maximum Gasteiger partial charge on any atom is 0.102 e. The van der Waals surface area contributed by atoms with Crippen molar-refractivity contribution in [2.24, 2.45) is 28.6 Å². The second-order valence-corrected chi connectivity index (χ2v) is 16.1. The van der Waals surface area contributed by atoms with E-state index in [1.54, 1.807) is 11.3 Å². The van der Waals surface area contributed by atoms with Crippen molar-refractivity contribution in [3.05, 3.63) is 22.4 Å². The standard InChI is InChI=1S/C35H56N2O3S/c1-32-12-9-29(39-22-20-36-16-3-4-17-36)25-27(32)7-8-31-30(32)10-13-33(2)34(31,38)14-15-35(33,28-11-24-41-26-28)40-23-21-37-18-5-6-19-37/h11,24,26-27,29-31,38H,3-10,12-23,25H2,1-2H3/t27-,29+,30+,31-,32+,33+,34+,35+/m1/s1. The van der Waals surface area contributed by atoms with Crippen molar-refractivity contribution in [3.8, 4) is 0 Å². The summed E-state index contributed by atoms with van der Waals surface area (Å²) in [5.41, 5.74) is 0.395. The van der Waals surface area contributed by atoms with E-state index in [1.165, 1.54) is 96.0 Å². The zero-order chi connectivity index (χ0) is 28.1. The Balaban J connectivity index is 1.06. The lowest BCUT2D eigenvalue weighted by Crippen LogP contribution is -2.65. The van der Waals surface area contributed by atoms with Gasteiger partial charge in [0, 0.05) is 18.5 Å². The van der Waals surface area contributed by atoms with Crippen LogP contribution in [0, 0.1) is 28.6 Å². The molecule has 4 saturated carbocycles. The fourth-order valence-corrected chi connectivity index (χ4v) is 12.0. The summed E-state index contributed by atoms with van der Waals surface area (Å²) in [4.78, 5) is 5.14. The molecule has 1 N–H and O–H groups in total. The van der Waals surface area contributed by atoms with E-state index < -0.39 is 5.60 Å². The molecular formula is C35H56N2O3S. The minimum Gasteiger partial charge on any atom is -0.389 e. The van der Waals surface area contributed by atoms with E-state index in [-0.39, 0.29) is 11.0 Å². The van der Waals surface area contributed by atoms with Gasteiger partial charge in [-0.05, 0) is 155 Å². The van der Waals surface area contributed by atoms with Crippen molar-refractivity contribution < 1.29 is 14.6 Å². The van der Waals surface area contributed by atoms with Crippen LogP contribution in [0.25, 0.3) is 0 Å². The van der Waals surface area contributed by atoms with Crippen LogP contribution in [0.2, 0.25) is 0 Å². The van der Waals surface area contributed by atoms with Crippen molar-refractivity contribution in [2.45, 2.75) is 115 Å². The van der Waals surface area contributed by atoms with Crippen molar-refractivity contribution in [3.63, 3.8) is 0 Å². The molecule has 2 aliphatic heterocycles. The lowest BCUT2D eigenvalue weighted by Gasteiger charge is -2.64. The van der Waals surface area contributed by atoms with Gasteiger partial charge in [0.1, 0.15) is 5.60 Å². The van der Waals surface area contributed by atoms with Crippen molar-refractivity contribution in [1.82, 2.24) is 9.80 Å². The number of nitrogens with zero attached hydrogens (tertiary/aromatic N) is 2. The van der Waals surface area contributed by atoms with Crippen LogP contribution in [0.4, 0.5) is 0 Å². The van der Waals surface area contributed by atoms with E-state index in [4.69, 9.17) is 9.47 Å². The normalized spacial score (nSPS) is 45.0. The Hall–Kier alpha value is -0.500. The average molecular weight is 585 g/mol. The van der Waals surface area contributed by atoms with Gasteiger partial charge in [0.25, 0.3) is 0 Å². The molecule has 0 radical (unpaired) electrons. The van der Waals surface area contributed by atoms with Crippen molar-refractivity contribution >= 4 is 11.3 Å². The zero-order valence-electron chi connectivity index (χ0n) is 26.0. The molecule has 1 aromatic rings. The van der Waals surface area contributed by atoms with Crippen LogP contribution in [0.5, 0.6) is 0 Å². The summed E-state index contributed by atoms with van der Waals surface area (Å²) in [5, 5.41) is 17.5. The van der Waals surface area contributed by atoms with E-state index >= 15 is 0 Å². The summed E-state index contributed by atoms with van der Waals surface area (Å²) >= 11 is 1.78. The molecule has 5 nitrogen and oxygen atoms in total. The molecule has 6 fully saturated rings. The Morgan fingerprint density at radius 1 is 0.854 bits per heavy atom. The molecule has 8 atom stereocenters. The van der Waals surface area contributed by atoms with Gasteiger partial charge in [0.2, 0.25) is 0 Å². The van der Waals surface area contributed by atoms with E-state index in [2.05, 4.69) is 40.5 Å². The van der Waals surface area contributed by atoms with Crippen LogP contribution in [-0.4, -0.2) is 79.1 Å². The second kappa shape index (κ2) is 11.5. The molecule has 6 heteroatoms. The summed E-state index contributed by atoms with van der Waals surface area (Å²) in [6.07, 6.45) is 16.1. The summed E-state index contributed by atoms with van der Waals surface area (Å²) < 4.78 is 13.6. The lowest BCUT2D eigenvalue weighted by molar-refractivity contribution is -0.249. The molecule has 3 heterocycles. The molecule has 6 aliphatic rings. The number of fused-ring (bicyclic) bond motifs is 5. The fraction of sp³-hybridized carbons (Fsp3) is 0.886. The number of likely N-dealkylation sites (tertiary alicyclic amines) is 2. The Kier molecular flexibility index (Phi) is 8.16. The first-order valence-corrected chi connectivity index (χ1v) is 18.3. The SMILES string of the molecule is C[C@]12CC[C@H](OCCN3CCCC3)C[C@H]1CC[C@@H]1[C@@H]2CC[C@]2(C)[C@@](OCCN3CCCC3)(c3ccsc3)CC[C@]12O. The Bertz CT molecular complexity index is 1020. The number of hydrogen-bond donors (Lipinski definition) is 1. The molecule has 0 unspecified atom stereocenters. The third-order valence-corrected chi connectivity index (χ3v) is 14.5. The van der Waals surface area contributed by atoms with Gasteiger partial charge in [-0.15, -0.1) is 0 Å². The first-order chi connectivity index (χ1) is 19.9. The van der Waals surface area contributed by atoms with Crippen LogP contribution in [0.15, 0.2) is 16.8 Å². The summed E-state index contributed by atoms with van der Waals surface area (Å²) in [5.74, 6) is 1.74. The highest BCUT2D eigenvalue weighted by atomic mass is 32.1. The zero-order valence-corrected chi connectivity index (χ0v) is 26.8. The molecule has 2 saturated heterocycles. The molecular weight excluding hydrogens is 528 g/mol. The van der Waals surface area contributed by atoms with Gasteiger partial charge in [0.15, 0.2) is 0 Å². The van der Waals surface area contributed by atoms with E-state index in [1.807, 2.05) is 0 Å². The fourth-order valence-electron chi connectivity index (χ4n) is 11.3. The van der Waals surface area contributed by atoms with Crippen LogP contribution in [0.1, 0.15) is 103 Å². The minimum atomic E-state index is -0.650. The third-order valence-electron chi connectivity index (χ3n) is 13.8. The van der Waals surface area contributed by atoms with Crippen LogP contribution in [0.3, 0.4) is 0 Å². The number of aliphatic hydroxyl groups is 1. The number of thiophene rings is 1. The van der Waals surface area contributed by atoms with E-state index in [0.29, 0.717) is 23.4 Å². The Morgan fingerprint density at radius 2 is 1.59 bits per heavy atom. The summed E-state index contributed by atoms with van der Waals surface area (Å²) in [7, 11) is 0. The predicted octanol–water partition coefficient (Wildman–Crippen LogP) is 6.69. The maximum absolute atomic E-state index is 13.0. The van der Waals surface area contributed by atoms with Gasteiger partial charge in [0.05, 0.1) is 24.9 Å². The molecule has 0 spiro atoms. The third kappa shape index (κ3) is 4.81. The molecule has 0 amide bonds. The van der Waals surface area contributed by atoms with Crippen LogP contribution in [-0.2, 0) is 15.1 Å². The predicted molar refractivity (Wildman–Crippen MR) is 166 cm³/mol. The van der Waals surface area contributed by atoms with Gasteiger partial charge in [-0.25, -0.2) is 0 Å². The number of hydrogen-bond acceptors (Lipinski definition) is 6. The minimum absolute atomic E-state index is 0.244. The van der Waals surface area contributed by atoms with Gasteiger partial charge in [-0.3, -0.25) is 0 Å². The van der Waals surface area contributed by atoms with Gasteiger partial charge >= 0.3 is 0 Å². The first-order valence-electron chi connectivity index (χ1n) is 17.3. The molecule has 1 aromatic heterocycles. The molecule has 0 bridgehead atoms. The smallest absolute Gasteiger partial charge is 0.102 e. The van der Waals surface area contributed by atoms with Crippen LogP contribution < -0.4 is 0 Å². The monoisotopic (exact) mass is 584 g/mol. The molecule has 4 aliphatic carbocycles. The summed E-state index contributed by atoms with van der Waals surface area (Å²) in [6.45, 7) is 13.8. The lowest BCUT2D eigenvalue weighted by atomic mass is 9.43. The largest absolute Gasteiger partial charge is 0.389 e. The van der Waals surface area contributed by atoms with E-state index in [9.17, 15) is 5.11 Å². The van der Waals surface area contributed by atoms with Gasteiger partial charge in [-0.2, -0.15) is 11.3 Å². The quantitative estimate of drug-likeness (QED) is 0.350.